The van der Waals surface area contributed by atoms with E-state index < -0.39 is 0 Å². The minimum atomic E-state index is 0. The number of aromatic nitrogens is 2. The summed E-state index contributed by atoms with van der Waals surface area (Å²) in [4.78, 5) is 0. The predicted molar refractivity (Wildman–Crippen MR) is 73.6 cm³/mol. The Kier molecular flexibility index (Phi) is 5.50. The van der Waals surface area contributed by atoms with Crippen LogP contribution in [0.3, 0.4) is 0 Å². The third kappa shape index (κ3) is 3.78. The maximum absolute atomic E-state index is 9.66. The van der Waals surface area contributed by atoms with Crippen molar-refractivity contribution in [3.63, 3.8) is 0 Å². The third-order valence-corrected chi connectivity index (χ3v) is 3.42. The molecule has 1 aromatic heterocycles. The van der Waals surface area contributed by atoms with Crippen molar-refractivity contribution in [1.82, 2.24) is 9.78 Å². The quantitative estimate of drug-likeness (QED) is 0.616. The molecule has 0 aliphatic carbocycles. The first-order valence-electron chi connectivity index (χ1n) is 5.67. The predicted octanol–water partition coefficient (Wildman–Crippen LogP) is 0.140. The summed E-state index contributed by atoms with van der Waals surface area (Å²) in [5, 5.41) is 25.4. The second-order valence-electron chi connectivity index (χ2n) is 3.85. The van der Waals surface area contributed by atoms with Crippen LogP contribution >= 0.6 is 11.3 Å². The normalized spacial score (nSPS) is 10.6. The van der Waals surface area contributed by atoms with Crippen LogP contribution in [0.4, 0.5) is 0 Å². The van der Waals surface area contributed by atoms with Gasteiger partial charge in [0, 0.05) is 30.4 Å². The fourth-order valence-electron chi connectivity index (χ4n) is 1.63. The first-order chi connectivity index (χ1) is 8.60. The van der Waals surface area contributed by atoms with Crippen LogP contribution in [-0.4, -0.2) is 20.0 Å². The van der Waals surface area contributed by atoms with E-state index >= 15 is 0 Å². The molecule has 0 atom stereocenters. The Hall–Kier alpha value is -1.40. The number of benzene rings is 1. The fraction of sp³-hybridized carbons (Fsp3) is 0.231. The van der Waals surface area contributed by atoms with Crippen LogP contribution in [-0.2, 0) is 6.54 Å². The van der Waals surface area contributed by atoms with E-state index in [0.717, 1.165) is 16.6 Å². The molecule has 6 heteroatoms. The van der Waals surface area contributed by atoms with Crippen LogP contribution in [0.25, 0.3) is 12.2 Å². The zero-order valence-corrected chi connectivity index (χ0v) is 13.1. The van der Waals surface area contributed by atoms with Crippen LogP contribution in [0.15, 0.2) is 18.2 Å². The summed E-state index contributed by atoms with van der Waals surface area (Å²) in [7, 11) is 0. The van der Waals surface area contributed by atoms with Crippen LogP contribution < -0.4 is 17.0 Å². The Morgan fingerprint density at radius 3 is 2.84 bits per heavy atom. The molecule has 0 unspecified atom stereocenters. The van der Waals surface area contributed by atoms with Crippen molar-refractivity contribution in [1.29, 1.82) is 0 Å². The molecule has 102 valence electrons. The number of hydrogen-bond donors (Lipinski definition) is 2. The summed E-state index contributed by atoms with van der Waals surface area (Å²) >= 11 is 1.59. The molecule has 0 radical (unpaired) electrons. The second-order valence-corrected chi connectivity index (χ2v) is 5.06. The van der Waals surface area contributed by atoms with Gasteiger partial charge in [-0.15, -0.1) is 0 Å². The molecule has 0 bridgehead atoms. The van der Waals surface area contributed by atoms with Crippen molar-refractivity contribution in [3.8, 4) is 11.5 Å². The molecule has 0 saturated carbocycles. The molecule has 0 aliphatic rings. The lowest BCUT2D eigenvalue weighted by atomic mass is 10.2. The molecule has 2 rings (SSSR count). The Balaban J connectivity index is 0.00000180. The van der Waals surface area contributed by atoms with E-state index in [9.17, 15) is 10.2 Å². The minimum Gasteiger partial charge on any atom is -1.00 e. The second kappa shape index (κ2) is 6.68. The van der Waals surface area contributed by atoms with Gasteiger partial charge in [-0.3, -0.25) is 0 Å². The molecule has 4 nitrogen and oxygen atoms in total. The molecule has 1 heterocycles. The number of rotatable bonds is 3. The van der Waals surface area contributed by atoms with E-state index in [4.69, 9.17) is 0 Å². The summed E-state index contributed by atoms with van der Waals surface area (Å²) in [6, 6.07) is 4.45. The van der Waals surface area contributed by atoms with Crippen LogP contribution in [0.2, 0.25) is 0 Å². The summed E-state index contributed by atoms with van der Waals surface area (Å²) < 4.78 is 1.90. The number of halogens is 1. The molecule has 0 fully saturated rings. The van der Waals surface area contributed by atoms with Gasteiger partial charge in [-0.05, 0) is 19.1 Å². The molecule has 2 aromatic rings. The summed E-state index contributed by atoms with van der Waals surface area (Å²) in [6.07, 6.45) is 3.66. The van der Waals surface area contributed by atoms with Gasteiger partial charge in [0.25, 0.3) is 0 Å². The van der Waals surface area contributed by atoms with E-state index in [1.165, 1.54) is 18.2 Å². The lowest BCUT2D eigenvalue weighted by molar-refractivity contribution is -0.00000573. The molecule has 1 aromatic carbocycles. The van der Waals surface area contributed by atoms with Gasteiger partial charge in [-0.1, -0.05) is 5.10 Å². The van der Waals surface area contributed by atoms with Gasteiger partial charge in [0.1, 0.15) is 11.5 Å². The Labute approximate surface area is 126 Å². The standard InChI is InChI=1S/C13H14N2O2S.BrH/c1-3-15-13(18-9(2)14-15)7-4-10-8-11(16)5-6-12(10)17;/h4-8H,3H2,1-2H3,(H-,16,17);1H. The molecule has 0 saturated heterocycles. The van der Waals surface area contributed by atoms with Gasteiger partial charge in [0.05, 0.1) is 18.2 Å². The average molecular weight is 343 g/mol. The zero-order valence-electron chi connectivity index (χ0n) is 10.7. The maximum Gasteiger partial charge on any atom is 0.219 e. The van der Waals surface area contributed by atoms with Crippen molar-refractivity contribution < 1.29 is 27.2 Å². The van der Waals surface area contributed by atoms with Gasteiger partial charge in [-0.2, -0.15) is 4.68 Å². The van der Waals surface area contributed by atoms with Crippen LogP contribution in [0.5, 0.6) is 11.5 Å². The van der Waals surface area contributed by atoms with E-state index in [1.54, 1.807) is 17.4 Å². The first-order valence-corrected chi connectivity index (χ1v) is 6.49. The Bertz CT molecular complexity index is 596. The lowest BCUT2D eigenvalue weighted by Crippen LogP contribution is -3.00. The molecule has 0 spiro atoms. The smallest absolute Gasteiger partial charge is 0.219 e. The lowest BCUT2D eigenvalue weighted by Gasteiger charge is -1.96. The highest BCUT2D eigenvalue weighted by Crippen LogP contribution is 2.25. The maximum atomic E-state index is 9.66. The SMILES string of the molecule is CCn1nc(C)s[c+]1C=Cc1cc(O)ccc1O.[Br-]. The van der Waals surface area contributed by atoms with Gasteiger partial charge >= 0.3 is 0 Å². The minimum absolute atomic E-state index is 0. The number of aromatic hydroxyl groups is 2. The zero-order chi connectivity index (χ0) is 13.1. The Morgan fingerprint density at radius 1 is 1.42 bits per heavy atom. The highest BCUT2D eigenvalue weighted by atomic mass is 79.9. The van der Waals surface area contributed by atoms with E-state index in [-0.39, 0.29) is 28.5 Å². The number of phenolic OH excluding ortho intramolecular Hbond substituents is 2. The van der Waals surface area contributed by atoms with Gasteiger partial charge < -0.3 is 27.2 Å². The van der Waals surface area contributed by atoms with Crippen molar-refractivity contribution in [2.24, 2.45) is 0 Å². The molecule has 0 amide bonds. The van der Waals surface area contributed by atoms with Gasteiger partial charge in [-0.25, -0.2) is 0 Å². The molecule has 0 aliphatic heterocycles. The molecule has 19 heavy (non-hydrogen) atoms. The van der Waals surface area contributed by atoms with Crippen LogP contribution in [0, 0.1) is 6.92 Å². The van der Waals surface area contributed by atoms with Gasteiger partial charge in [0.15, 0.2) is 0 Å². The average Bonchev–Trinajstić information content (AvgIpc) is 2.71. The molecule has 2 N–H and O–H groups in total. The van der Waals surface area contributed by atoms with Crippen molar-refractivity contribution in [2.45, 2.75) is 20.4 Å². The van der Waals surface area contributed by atoms with E-state index in [0.29, 0.717) is 5.56 Å². The molecular formula is C13H15BrN2O2S. The number of aryl methyl sites for hydroxylation is 2. The van der Waals surface area contributed by atoms with Gasteiger partial charge in [0.2, 0.25) is 10.0 Å². The van der Waals surface area contributed by atoms with Crippen LogP contribution in [0.1, 0.15) is 22.5 Å². The largest absolute Gasteiger partial charge is 1.00 e. The molecular weight excluding hydrogens is 328 g/mol. The highest BCUT2D eigenvalue weighted by Gasteiger charge is 2.10. The van der Waals surface area contributed by atoms with Crippen molar-refractivity contribution in [2.75, 3.05) is 0 Å². The number of nitrogens with zero attached hydrogens (tertiary/aromatic N) is 2. The fourth-order valence-corrected chi connectivity index (χ4v) is 2.48. The number of phenols is 2. The topological polar surface area (TPSA) is 58.3 Å². The summed E-state index contributed by atoms with van der Waals surface area (Å²) in [5.41, 5.74) is 0.587. The van der Waals surface area contributed by atoms with Crippen molar-refractivity contribution in [3.05, 3.63) is 33.8 Å². The monoisotopic (exact) mass is 342 g/mol. The highest BCUT2D eigenvalue weighted by molar-refractivity contribution is 7.12. The van der Waals surface area contributed by atoms with E-state index in [1.807, 2.05) is 24.6 Å². The third-order valence-electron chi connectivity index (χ3n) is 2.48. The first kappa shape index (κ1) is 15.7. The summed E-state index contributed by atoms with van der Waals surface area (Å²) in [6.45, 7) is 4.79. The number of hydrogen-bond acceptors (Lipinski definition) is 4. The van der Waals surface area contributed by atoms with E-state index in [2.05, 4.69) is 5.10 Å². The summed E-state index contributed by atoms with van der Waals surface area (Å²) in [5.74, 6) is 0.282. The Morgan fingerprint density at radius 2 is 2.16 bits per heavy atom. The van der Waals surface area contributed by atoms with Crippen molar-refractivity contribution >= 4 is 23.5 Å².